The topological polar surface area (TPSA) is 185 Å². The largest absolute Gasteiger partial charge is 0.363 e. The number of Topliss-reactive ketones (excluding diaryl/α,β-unsaturated/α-hetero) is 1. The first-order chi connectivity index (χ1) is 21.1. The van der Waals surface area contributed by atoms with Gasteiger partial charge in [0.25, 0.3) is 5.91 Å². The predicted octanol–water partition coefficient (Wildman–Crippen LogP) is 2.83. The maximum atomic E-state index is 14.3. The molecule has 0 bridgehead atoms. The number of carbonyl (C=O) groups is 5. The van der Waals surface area contributed by atoms with Crippen LogP contribution in [0.4, 0.5) is 4.79 Å². The lowest BCUT2D eigenvalue weighted by molar-refractivity contribution is -0.144. The van der Waals surface area contributed by atoms with Crippen molar-refractivity contribution in [2.24, 2.45) is 28.9 Å². The fourth-order valence-corrected chi connectivity index (χ4v) is 8.30. The highest BCUT2D eigenvalue weighted by atomic mass is 32.2. The number of urea groups is 1. The van der Waals surface area contributed by atoms with Gasteiger partial charge in [0.1, 0.15) is 12.1 Å². The molecule has 4 atom stereocenters. The van der Waals surface area contributed by atoms with Gasteiger partial charge in [-0.2, -0.15) is 0 Å². The van der Waals surface area contributed by atoms with E-state index in [1.165, 1.54) is 4.90 Å². The zero-order valence-electron chi connectivity index (χ0n) is 29.0. The third-order valence-electron chi connectivity index (χ3n) is 9.97. The fourth-order valence-electron chi connectivity index (χ4n) is 6.78. The number of rotatable bonds is 12. The molecule has 12 nitrogen and oxygen atoms in total. The van der Waals surface area contributed by atoms with Gasteiger partial charge < -0.3 is 26.6 Å². The SMILES string of the molecule is CC(C)C1CCN(C(=O)[C@@H](NC(=O)NC2(CS(=O)(=O)C(C)(C)C)CCCCC2)C(C)(C)C)[C@@H]1C(=O)NC(CC1CC1)C(=O)C(N)=O. The van der Waals surface area contributed by atoms with E-state index in [2.05, 4.69) is 16.0 Å². The van der Waals surface area contributed by atoms with Gasteiger partial charge in [0.2, 0.25) is 17.6 Å². The van der Waals surface area contributed by atoms with Crippen LogP contribution in [0.2, 0.25) is 0 Å². The maximum absolute atomic E-state index is 14.3. The summed E-state index contributed by atoms with van der Waals surface area (Å²) in [5, 5.41) is 8.59. The summed E-state index contributed by atoms with van der Waals surface area (Å²) in [6.07, 6.45) is 6.23. The molecule has 46 heavy (non-hydrogen) atoms. The van der Waals surface area contributed by atoms with Crippen molar-refractivity contribution in [3.8, 4) is 0 Å². The quantitative estimate of drug-likeness (QED) is 0.231. The molecule has 1 saturated heterocycles. The Bertz CT molecular complexity index is 1270. The molecule has 1 aliphatic heterocycles. The number of ketones is 1. The molecule has 5 N–H and O–H groups in total. The Hall–Kier alpha value is -2.70. The number of sulfone groups is 1. The third kappa shape index (κ3) is 9.22. The Labute approximate surface area is 275 Å². The monoisotopic (exact) mass is 667 g/mol. The van der Waals surface area contributed by atoms with Crippen LogP contribution in [0.15, 0.2) is 0 Å². The van der Waals surface area contributed by atoms with Crippen LogP contribution in [-0.4, -0.2) is 83.6 Å². The first kappa shape index (κ1) is 37.8. The molecule has 13 heteroatoms. The molecule has 3 aliphatic rings. The first-order valence-electron chi connectivity index (χ1n) is 16.8. The van der Waals surface area contributed by atoms with E-state index in [4.69, 9.17) is 5.73 Å². The highest BCUT2D eigenvalue weighted by Gasteiger charge is 2.49. The predicted molar refractivity (Wildman–Crippen MR) is 176 cm³/mol. The molecule has 0 aromatic heterocycles. The highest BCUT2D eigenvalue weighted by Crippen LogP contribution is 2.36. The summed E-state index contributed by atoms with van der Waals surface area (Å²) in [7, 11) is -3.56. The van der Waals surface area contributed by atoms with Crippen molar-refractivity contribution in [2.75, 3.05) is 12.3 Å². The Morgan fingerprint density at radius 1 is 0.913 bits per heavy atom. The van der Waals surface area contributed by atoms with Gasteiger partial charge in [0, 0.05) is 6.54 Å². The molecular weight excluding hydrogens is 610 g/mol. The van der Waals surface area contributed by atoms with Crippen LogP contribution in [0, 0.1) is 23.2 Å². The minimum absolute atomic E-state index is 0.0301. The zero-order chi connectivity index (χ0) is 34.8. The summed E-state index contributed by atoms with van der Waals surface area (Å²) in [5.41, 5.74) is 3.57. The molecule has 0 aromatic carbocycles. The summed E-state index contributed by atoms with van der Waals surface area (Å²) in [4.78, 5) is 67.7. The first-order valence-corrected chi connectivity index (χ1v) is 18.5. The van der Waals surface area contributed by atoms with Crippen LogP contribution in [0.1, 0.15) is 113 Å². The van der Waals surface area contributed by atoms with Crippen LogP contribution in [-0.2, 0) is 29.0 Å². The molecule has 0 aromatic rings. The number of carbonyl (C=O) groups excluding carboxylic acids is 5. The van der Waals surface area contributed by atoms with E-state index in [0.29, 0.717) is 25.7 Å². The molecule has 3 fully saturated rings. The minimum Gasteiger partial charge on any atom is -0.363 e. The minimum atomic E-state index is -3.56. The Balaban J connectivity index is 1.86. The number of nitrogens with one attached hydrogen (secondary N) is 3. The zero-order valence-corrected chi connectivity index (χ0v) is 29.8. The summed E-state index contributed by atoms with van der Waals surface area (Å²) >= 11 is 0. The molecule has 2 saturated carbocycles. The number of amides is 5. The van der Waals surface area contributed by atoms with Gasteiger partial charge in [0.15, 0.2) is 9.84 Å². The van der Waals surface area contributed by atoms with Crippen molar-refractivity contribution in [1.82, 2.24) is 20.9 Å². The van der Waals surface area contributed by atoms with Crippen molar-refractivity contribution in [3.05, 3.63) is 0 Å². The van der Waals surface area contributed by atoms with E-state index in [-0.39, 0.29) is 30.1 Å². The van der Waals surface area contributed by atoms with Gasteiger partial charge in [-0.25, -0.2) is 13.2 Å². The maximum Gasteiger partial charge on any atom is 0.315 e. The van der Waals surface area contributed by atoms with E-state index in [1.54, 1.807) is 20.8 Å². The lowest BCUT2D eigenvalue weighted by atomic mass is 9.83. The fraction of sp³-hybridized carbons (Fsp3) is 0.848. The van der Waals surface area contributed by atoms with Gasteiger partial charge in [-0.15, -0.1) is 0 Å². The van der Waals surface area contributed by atoms with E-state index in [9.17, 15) is 32.4 Å². The van der Waals surface area contributed by atoms with Crippen LogP contribution < -0.4 is 21.7 Å². The molecule has 2 aliphatic carbocycles. The average Bonchev–Trinajstić information content (AvgIpc) is 3.62. The summed E-state index contributed by atoms with van der Waals surface area (Å²) in [5.74, 6) is -3.06. The number of nitrogens with zero attached hydrogens (tertiary/aromatic N) is 1. The molecule has 2 unspecified atom stereocenters. The van der Waals surface area contributed by atoms with E-state index >= 15 is 0 Å². The van der Waals surface area contributed by atoms with Crippen LogP contribution in [0.5, 0.6) is 0 Å². The second-order valence-electron chi connectivity index (χ2n) is 16.3. The van der Waals surface area contributed by atoms with Gasteiger partial charge in [-0.05, 0) is 69.6 Å². The second-order valence-corrected chi connectivity index (χ2v) is 19.0. The summed E-state index contributed by atoms with van der Waals surface area (Å²) in [6.45, 7) is 14.6. The summed E-state index contributed by atoms with van der Waals surface area (Å²) < 4.78 is 25.5. The molecule has 3 rings (SSSR count). The molecule has 0 radical (unpaired) electrons. The van der Waals surface area contributed by atoms with E-state index in [0.717, 1.165) is 32.1 Å². The Kier molecular flexibility index (Phi) is 11.6. The van der Waals surface area contributed by atoms with Crippen molar-refractivity contribution in [2.45, 2.75) is 142 Å². The van der Waals surface area contributed by atoms with Crippen molar-refractivity contribution < 1.29 is 32.4 Å². The number of primary amides is 1. The standard InChI is InChI=1S/C33H57N5O7S/c1-20(2)22-14-17-38(24(22)28(41)35-23(18-21-12-13-21)25(39)27(34)40)29(42)26(31(3,4)5)36-30(43)37-33(15-10-9-11-16-33)19-46(44,45)32(6,7)8/h20-24,26H,9-19H2,1-8H3,(H2,34,40)(H,35,41)(H2,36,37,43)/t22?,23?,24-,26+/m0/s1. The van der Waals surface area contributed by atoms with Gasteiger partial charge in [-0.1, -0.05) is 66.7 Å². The molecule has 262 valence electrons. The molecule has 0 spiro atoms. The highest BCUT2D eigenvalue weighted by molar-refractivity contribution is 7.92. The lowest BCUT2D eigenvalue weighted by Gasteiger charge is -2.41. The molecule has 5 amide bonds. The number of hydrogen-bond acceptors (Lipinski definition) is 7. The average molecular weight is 668 g/mol. The van der Waals surface area contributed by atoms with Gasteiger partial charge in [-0.3, -0.25) is 19.2 Å². The van der Waals surface area contributed by atoms with Gasteiger partial charge >= 0.3 is 6.03 Å². The van der Waals surface area contributed by atoms with Crippen LogP contribution >= 0.6 is 0 Å². The van der Waals surface area contributed by atoms with Gasteiger partial charge in [0.05, 0.1) is 22.1 Å². The van der Waals surface area contributed by atoms with Crippen LogP contribution in [0.25, 0.3) is 0 Å². The normalized spacial score (nSPS) is 23.4. The Morgan fingerprint density at radius 3 is 1.98 bits per heavy atom. The van der Waals surface area contributed by atoms with E-state index < -0.39 is 73.2 Å². The number of nitrogens with two attached hydrogens (primary N) is 1. The Morgan fingerprint density at radius 2 is 1.50 bits per heavy atom. The smallest absolute Gasteiger partial charge is 0.315 e. The van der Waals surface area contributed by atoms with Crippen molar-refractivity contribution in [1.29, 1.82) is 0 Å². The van der Waals surface area contributed by atoms with Crippen molar-refractivity contribution in [3.63, 3.8) is 0 Å². The second kappa shape index (κ2) is 14.2. The van der Waals surface area contributed by atoms with Crippen molar-refractivity contribution >= 4 is 39.4 Å². The van der Waals surface area contributed by atoms with E-state index in [1.807, 2.05) is 34.6 Å². The summed E-state index contributed by atoms with van der Waals surface area (Å²) in [6, 6.07) is -3.63. The number of likely N-dealkylation sites (tertiary alicyclic amines) is 1. The van der Waals surface area contributed by atoms with Crippen LogP contribution in [0.3, 0.4) is 0 Å². The molecular formula is C33H57N5O7S. The third-order valence-corrected chi connectivity index (χ3v) is 12.8. The molecule has 1 heterocycles. The lowest BCUT2D eigenvalue weighted by Crippen LogP contribution is -2.64. The number of hydrogen-bond donors (Lipinski definition) is 4.